The van der Waals surface area contributed by atoms with Gasteiger partial charge in [0.05, 0.1) is 0 Å². The molecule has 1 aromatic carbocycles. The van der Waals surface area contributed by atoms with E-state index in [9.17, 15) is 9.18 Å². The molecule has 1 aliphatic rings. The Morgan fingerprint density at radius 3 is 2.61 bits per heavy atom. The van der Waals surface area contributed by atoms with Crippen molar-refractivity contribution in [3.63, 3.8) is 0 Å². The largest absolute Gasteiger partial charge is 0.312 e. The highest BCUT2D eigenvalue weighted by atomic mass is 19.1. The fraction of sp³-hybridized carbons (Fsp3) is 0.400. The predicted molar refractivity (Wildman–Crippen MR) is 70.9 cm³/mol. The van der Waals surface area contributed by atoms with E-state index in [0.29, 0.717) is 6.54 Å². The summed E-state index contributed by atoms with van der Waals surface area (Å²) in [6, 6.07) is 6.11. The Labute approximate surface area is 107 Å². The van der Waals surface area contributed by atoms with Gasteiger partial charge in [-0.25, -0.2) is 4.39 Å². The van der Waals surface area contributed by atoms with Crippen LogP contribution in [0.15, 0.2) is 36.4 Å². The summed E-state index contributed by atoms with van der Waals surface area (Å²) in [5, 5.41) is 0. The molecule has 0 heterocycles. The Morgan fingerprint density at radius 1 is 1.33 bits per heavy atom. The summed E-state index contributed by atoms with van der Waals surface area (Å²) < 4.78 is 12.9. The average molecular weight is 247 g/mol. The lowest BCUT2D eigenvalue weighted by molar-refractivity contribution is -0.122. The minimum atomic E-state index is -0.275. The first kappa shape index (κ1) is 12.8. The van der Waals surface area contributed by atoms with Crippen LogP contribution in [0.3, 0.4) is 0 Å². The van der Waals surface area contributed by atoms with Crippen molar-refractivity contribution in [2.45, 2.75) is 26.2 Å². The molecule has 1 aliphatic carbocycles. The third kappa shape index (κ3) is 2.78. The van der Waals surface area contributed by atoms with Crippen molar-refractivity contribution in [2.75, 3.05) is 11.4 Å². The van der Waals surface area contributed by atoms with Crippen LogP contribution in [-0.2, 0) is 4.79 Å². The lowest BCUT2D eigenvalue weighted by Gasteiger charge is -2.27. The molecular formula is C15H18FNO. The summed E-state index contributed by atoms with van der Waals surface area (Å²) in [7, 11) is 0. The number of benzene rings is 1. The van der Waals surface area contributed by atoms with Gasteiger partial charge in [0, 0.05) is 18.2 Å². The Balaban J connectivity index is 2.14. The third-order valence-corrected chi connectivity index (χ3v) is 3.34. The lowest BCUT2D eigenvalue weighted by Crippen LogP contribution is -2.36. The highest BCUT2D eigenvalue weighted by Crippen LogP contribution is 2.24. The first-order valence-electron chi connectivity index (χ1n) is 6.44. The van der Waals surface area contributed by atoms with Crippen LogP contribution in [0, 0.1) is 11.7 Å². The van der Waals surface area contributed by atoms with E-state index in [1.807, 2.05) is 6.92 Å². The van der Waals surface area contributed by atoms with Gasteiger partial charge in [0.1, 0.15) is 5.82 Å². The molecule has 0 spiro atoms. The summed E-state index contributed by atoms with van der Waals surface area (Å²) in [6.07, 6.45) is 6.89. The zero-order valence-corrected chi connectivity index (χ0v) is 10.6. The van der Waals surface area contributed by atoms with E-state index in [0.717, 1.165) is 24.9 Å². The SMILES string of the molecule is CCN(C(=O)C1CC=CCC1)c1ccc(F)cc1. The third-order valence-electron chi connectivity index (χ3n) is 3.34. The van der Waals surface area contributed by atoms with Crippen LogP contribution < -0.4 is 4.90 Å². The zero-order valence-electron chi connectivity index (χ0n) is 10.6. The average Bonchev–Trinajstić information content (AvgIpc) is 2.42. The molecule has 2 rings (SSSR count). The van der Waals surface area contributed by atoms with Gasteiger partial charge in [0.25, 0.3) is 0 Å². The van der Waals surface area contributed by atoms with Crippen molar-refractivity contribution in [1.82, 2.24) is 0 Å². The highest BCUT2D eigenvalue weighted by molar-refractivity contribution is 5.95. The number of carbonyl (C=O) groups is 1. The molecule has 0 aromatic heterocycles. The molecule has 0 bridgehead atoms. The second-order valence-corrected chi connectivity index (χ2v) is 4.54. The fourth-order valence-corrected chi connectivity index (χ4v) is 2.32. The molecule has 1 atom stereocenters. The van der Waals surface area contributed by atoms with Crippen molar-refractivity contribution in [3.8, 4) is 0 Å². The number of allylic oxidation sites excluding steroid dienone is 2. The molecule has 0 aliphatic heterocycles. The van der Waals surface area contributed by atoms with Crippen LogP contribution in [-0.4, -0.2) is 12.5 Å². The summed E-state index contributed by atoms with van der Waals surface area (Å²) in [4.78, 5) is 14.2. The summed E-state index contributed by atoms with van der Waals surface area (Å²) in [5.74, 6) is -0.0590. The number of hydrogen-bond donors (Lipinski definition) is 0. The van der Waals surface area contributed by atoms with Crippen LogP contribution in [0.25, 0.3) is 0 Å². The molecule has 0 radical (unpaired) electrons. The maximum atomic E-state index is 12.9. The minimum absolute atomic E-state index is 0.0694. The first-order chi connectivity index (χ1) is 8.72. The van der Waals surface area contributed by atoms with Crippen LogP contribution in [0.1, 0.15) is 26.2 Å². The number of carbonyl (C=O) groups excluding carboxylic acids is 1. The van der Waals surface area contributed by atoms with Crippen molar-refractivity contribution >= 4 is 11.6 Å². The molecule has 96 valence electrons. The molecule has 1 unspecified atom stereocenters. The van der Waals surface area contributed by atoms with Gasteiger partial charge in [-0.2, -0.15) is 0 Å². The normalized spacial score (nSPS) is 18.7. The van der Waals surface area contributed by atoms with Gasteiger partial charge in [0.2, 0.25) is 5.91 Å². The highest BCUT2D eigenvalue weighted by Gasteiger charge is 2.24. The van der Waals surface area contributed by atoms with Crippen LogP contribution >= 0.6 is 0 Å². The molecular weight excluding hydrogens is 229 g/mol. The Kier molecular flexibility index (Phi) is 4.13. The Hall–Kier alpha value is -1.64. The minimum Gasteiger partial charge on any atom is -0.312 e. The topological polar surface area (TPSA) is 20.3 Å². The van der Waals surface area contributed by atoms with Gasteiger partial charge in [-0.3, -0.25) is 4.79 Å². The molecule has 2 nitrogen and oxygen atoms in total. The summed E-state index contributed by atoms with van der Waals surface area (Å²) in [6.45, 7) is 2.56. The first-order valence-corrected chi connectivity index (χ1v) is 6.44. The van der Waals surface area contributed by atoms with Gasteiger partial charge in [-0.15, -0.1) is 0 Å². The smallest absolute Gasteiger partial charge is 0.230 e. The fourth-order valence-electron chi connectivity index (χ4n) is 2.32. The standard InChI is InChI=1S/C15H18FNO/c1-2-17(14-10-8-13(16)9-11-14)15(18)12-6-4-3-5-7-12/h3-4,8-12H,2,5-7H2,1H3. The van der Waals surface area contributed by atoms with E-state index < -0.39 is 0 Å². The number of nitrogens with zero attached hydrogens (tertiary/aromatic N) is 1. The van der Waals surface area contributed by atoms with E-state index in [1.165, 1.54) is 12.1 Å². The quantitative estimate of drug-likeness (QED) is 0.748. The maximum Gasteiger partial charge on any atom is 0.230 e. The van der Waals surface area contributed by atoms with Crippen LogP contribution in [0.2, 0.25) is 0 Å². The summed E-state index contributed by atoms with van der Waals surface area (Å²) >= 11 is 0. The molecule has 0 fully saturated rings. The molecule has 0 saturated heterocycles. The number of amides is 1. The van der Waals surface area contributed by atoms with E-state index in [-0.39, 0.29) is 17.6 Å². The van der Waals surface area contributed by atoms with E-state index in [1.54, 1.807) is 17.0 Å². The second-order valence-electron chi connectivity index (χ2n) is 4.54. The number of halogens is 1. The molecule has 3 heteroatoms. The van der Waals surface area contributed by atoms with Crippen LogP contribution in [0.4, 0.5) is 10.1 Å². The zero-order chi connectivity index (χ0) is 13.0. The van der Waals surface area contributed by atoms with Gasteiger partial charge in [-0.1, -0.05) is 12.2 Å². The predicted octanol–water partition coefficient (Wildman–Crippen LogP) is 3.53. The maximum absolute atomic E-state index is 12.9. The Bertz CT molecular complexity index is 438. The molecule has 1 aromatic rings. The van der Waals surface area contributed by atoms with Crippen molar-refractivity contribution in [3.05, 3.63) is 42.2 Å². The van der Waals surface area contributed by atoms with E-state index in [2.05, 4.69) is 12.2 Å². The monoisotopic (exact) mass is 247 g/mol. The van der Waals surface area contributed by atoms with Gasteiger partial charge in [-0.05, 0) is 50.5 Å². The van der Waals surface area contributed by atoms with Crippen molar-refractivity contribution < 1.29 is 9.18 Å². The molecule has 0 saturated carbocycles. The number of anilines is 1. The summed E-state index contributed by atoms with van der Waals surface area (Å²) in [5.41, 5.74) is 0.776. The van der Waals surface area contributed by atoms with Gasteiger partial charge >= 0.3 is 0 Å². The molecule has 18 heavy (non-hydrogen) atoms. The molecule has 0 N–H and O–H groups in total. The number of hydrogen-bond acceptors (Lipinski definition) is 1. The van der Waals surface area contributed by atoms with Gasteiger partial charge in [0.15, 0.2) is 0 Å². The van der Waals surface area contributed by atoms with Crippen molar-refractivity contribution in [1.29, 1.82) is 0 Å². The Morgan fingerprint density at radius 2 is 2.06 bits per heavy atom. The van der Waals surface area contributed by atoms with E-state index >= 15 is 0 Å². The molecule has 1 amide bonds. The van der Waals surface area contributed by atoms with E-state index in [4.69, 9.17) is 0 Å². The van der Waals surface area contributed by atoms with Gasteiger partial charge < -0.3 is 4.90 Å². The number of rotatable bonds is 3. The van der Waals surface area contributed by atoms with Crippen molar-refractivity contribution in [2.24, 2.45) is 5.92 Å². The lowest BCUT2D eigenvalue weighted by atomic mass is 9.93. The van der Waals surface area contributed by atoms with Crippen LogP contribution in [0.5, 0.6) is 0 Å². The second kappa shape index (κ2) is 5.80.